The number of nitrogens with one attached hydrogen (secondary N) is 2. The fourth-order valence-corrected chi connectivity index (χ4v) is 1.43. The van der Waals surface area contributed by atoms with E-state index in [9.17, 15) is 9.59 Å². The van der Waals surface area contributed by atoms with Gasteiger partial charge in [-0.05, 0) is 12.3 Å². The minimum absolute atomic E-state index is 0.0792. The maximum absolute atomic E-state index is 11.8. The highest BCUT2D eigenvalue weighted by Gasteiger charge is 2.15. The van der Waals surface area contributed by atoms with Crippen LogP contribution in [-0.4, -0.2) is 40.4 Å². The molecular formula is C11H20N4O2. The maximum atomic E-state index is 11.8. The van der Waals surface area contributed by atoms with E-state index in [4.69, 9.17) is 5.73 Å². The first-order valence-corrected chi connectivity index (χ1v) is 5.70. The predicted octanol–water partition coefficient (Wildman–Crippen LogP) is 0.148. The molecule has 1 atom stereocenters. The SMILES string of the molecule is CC(C)C(N)CCN(C)C(=O)c1c[nH]c(=O)[nH]1. The molecule has 0 saturated carbocycles. The summed E-state index contributed by atoms with van der Waals surface area (Å²) in [6, 6.07) is 0.0792. The summed E-state index contributed by atoms with van der Waals surface area (Å²) in [6.07, 6.45) is 2.12. The second kappa shape index (κ2) is 5.67. The van der Waals surface area contributed by atoms with Gasteiger partial charge >= 0.3 is 5.69 Å². The number of rotatable bonds is 5. The van der Waals surface area contributed by atoms with Gasteiger partial charge in [-0.3, -0.25) is 4.79 Å². The molecule has 0 aromatic carbocycles. The molecule has 1 rings (SSSR count). The Kier molecular flexibility index (Phi) is 4.51. The van der Waals surface area contributed by atoms with Crippen molar-refractivity contribution in [1.82, 2.24) is 14.9 Å². The van der Waals surface area contributed by atoms with E-state index in [1.54, 1.807) is 11.9 Å². The molecule has 17 heavy (non-hydrogen) atoms. The van der Waals surface area contributed by atoms with Crippen LogP contribution in [0.15, 0.2) is 11.0 Å². The van der Waals surface area contributed by atoms with Gasteiger partial charge in [0.15, 0.2) is 0 Å². The Labute approximate surface area is 100 Å². The van der Waals surface area contributed by atoms with Gasteiger partial charge < -0.3 is 20.6 Å². The van der Waals surface area contributed by atoms with Crippen molar-refractivity contribution < 1.29 is 4.79 Å². The number of nitrogens with two attached hydrogens (primary N) is 1. The molecule has 0 spiro atoms. The Hall–Kier alpha value is -1.56. The van der Waals surface area contributed by atoms with Crippen LogP contribution in [0.2, 0.25) is 0 Å². The molecule has 0 bridgehead atoms. The topological polar surface area (TPSA) is 95.0 Å². The summed E-state index contributed by atoms with van der Waals surface area (Å²) in [7, 11) is 1.70. The van der Waals surface area contributed by atoms with Gasteiger partial charge in [0, 0.05) is 25.8 Å². The smallest absolute Gasteiger partial charge is 0.323 e. The van der Waals surface area contributed by atoms with Crippen LogP contribution in [0.5, 0.6) is 0 Å². The van der Waals surface area contributed by atoms with Crippen LogP contribution in [0, 0.1) is 5.92 Å². The number of carbonyl (C=O) groups excluding carboxylic acids is 1. The van der Waals surface area contributed by atoms with Crippen molar-refractivity contribution in [2.24, 2.45) is 11.7 Å². The molecule has 1 amide bonds. The summed E-state index contributed by atoms with van der Waals surface area (Å²) in [5.41, 5.74) is 5.81. The molecule has 6 nitrogen and oxygen atoms in total. The van der Waals surface area contributed by atoms with Crippen LogP contribution in [0.25, 0.3) is 0 Å². The third-order valence-corrected chi connectivity index (χ3v) is 2.83. The second-order valence-corrected chi connectivity index (χ2v) is 4.58. The summed E-state index contributed by atoms with van der Waals surface area (Å²) in [4.78, 5) is 29.1. The lowest BCUT2D eigenvalue weighted by molar-refractivity contribution is 0.0784. The maximum Gasteiger partial charge on any atom is 0.323 e. The molecule has 1 aromatic heterocycles. The van der Waals surface area contributed by atoms with E-state index >= 15 is 0 Å². The van der Waals surface area contributed by atoms with Gasteiger partial charge in [-0.2, -0.15) is 0 Å². The van der Waals surface area contributed by atoms with E-state index in [-0.39, 0.29) is 23.3 Å². The Morgan fingerprint density at radius 3 is 2.65 bits per heavy atom. The minimum atomic E-state index is -0.374. The number of hydrogen-bond acceptors (Lipinski definition) is 3. The van der Waals surface area contributed by atoms with Crippen molar-refractivity contribution in [3.05, 3.63) is 22.4 Å². The first-order valence-electron chi connectivity index (χ1n) is 5.70. The van der Waals surface area contributed by atoms with Crippen LogP contribution in [-0.2, 0) is 0 Å². The number of aromatic nitrogens is 2. The molecule has 0 aliphatic carbocycles. The summed E-state index contributed by atoms with van der Waals surface area (Å²) in [6.45, 7) is 4.68. The van der Waals surface area contributed by atoms with Gasteiger partial charge in [-0.1, -0.05) is 13.8 Å². The Balaban J connectivity index is 2.51. The molecule has 96 valence electrons. The zero-order valence-electron chi connectivity index (χ0n) is 10.5. The first-order chi connectivity index (χ1) is 7.91. The van der Waals surface area contributed by atoms with Crippen LogP contribution in [0.3, 0.4) is 0 Å². The largest absolute Gasteiger partial charge is 0.340 e. The number of amides is 1. The van der Waals surface area contributed by atoms with Gasteiger partial charge in [0.2, 0.25) is 0 Å². The number of imidazole rings is 1. The third-order valence-electron chi connectivity index (χ3n) is 2.83. The minimum Gasteiger partial charge on any atom is -0.340 e. The van der Waals surface area contributed by atoms with Gasteiger partial charge in [-0.25, -0.2) is 4.79 Å². The van der Waals surface area contributed by atoms with E-state index in [0.29, 0.717) is 12.5 Å². The van der Waals surface area contributed by atoms with Crippen molar-refractivity contribution in [2.45, 2.75) is 26.3 Å². The van der Waals surface area contributed by atoms with Gasteiger partial charge in [0.25, 0.3) is 5.91 Å². The molecular weight excluding hydrogens is 220 g/mol. The van der Waals surface area contributed by atoms with E-state index < -0.39 is 0 Å². The monoisotopic (exact) mass is 240 g/mol. The summed E-state index contributed by atoms with van der Waals surface area (Å²) in [5, 5.41) is 0. The molecule has 0 saturated heterocycles. The van der Waals surface area contributed by atoms with Gasteiger partial charge in [0.1, 0.15) is 5.69 Å². The van der Waals surface area contributed by atoms with Crippen molar-refractivity contribution in [3.8, 4) is 0 Å². The Morgan fingerprint density at radius 2 is 2.18 bits per heavy atom. The molecule has 0 aliphatic heterocycles. The lowest BCUT2D eigenvalue weighted by Crippen LogP contribution is -2.34. The summed E-state index contributed by atoms with van der Waals surface area (Å²) < 4.78 is 0. The fourth-order valence-electron chi connectivity index (χ4n) is 1.43. The molecule has 4 N–H and O–H groups in total. The zero-order chi connectivity index (χ0) is 13.0. The first kappa shape index (κ1) is 13.5. The molecule has 0 radical (unpaired) electrons. The normalized spacial score (nSPS) is 12.8. The highest BCUT2D eigenvalue weighted by molar-refractivity contribution is 5.91. The standard InChI is InChI=1S/C11H20N4O2/c1-7(2)8(12)4-5-15(3)10(16)9-6-13-11(17)14-9/h6-8H,4-5,12H2,1-3H3,(H2,13,14,17). The third kappa shape index (κ3) is 3.74. The lowest BCUT2D eigenvalue weighted by Gasteiger charge is -2.20. The van der Waals surface area contributed by atoms with Crippen LogP contribution in [0.4, 0.5) is 0 Å². The van der Waals surface area contributed by atoms with Crippen LogP contribution in [0.1, 0.15) is 30.8 Å². The Morgan fingerprint density at radius 1 is 1.53 bits per heavy atom. The fraction of sp³-hybridized carbons (Fsp3) is 0.636. The molecule has 1 heterocycles. The number of carbonyl (C=O) groups is 1. The van der Waals surface area contributed by atoms with Crippen molar-refractivity contribution in [2.75, 3.05) is 13.6 Å². The van der Waals surface area contributed by atoms with E-state index in [0.717, 1.165) is 6.42 Å². The molecule has 0 fully saturated rings. The molecule has 0 aliphatic rings. The summed E-state index contributed by atoms with van der Waals surface area (Å²) in [5.74, 6) is 0.185. The number of nitrogens with zero attached hydrogens (tertiary/aromatic N) is 1. The zero-order valence-corrected chi connectivity index (χ0v) is 10.5. The lowest BCUT2D eigenvalue weighted by atomic mass is 10.0. The van der Waals surface area contributed by atoms with E-state index in [1.165, 1.54) is 6.20 Å². The second-order valence-electron chi connectivity index (χ2n) is 4.58. The van der Waals surface area contributed by atoms with Crippen molar-refractivity contribution in [1.29, 1.82) is 0 Å². The molecule has 1 unspecified atom stereocenters. The average molecular weight is 240 g/mol. The predicted molar refractivity (Wildman–Crippen MR) is 65.8 cm³/mol. The number of H-pyrrole nitrogens is 2. The van der Waals surface area contributed by atoms with Crippen molar-refractivity contribution >= 4 is 5.91 Å². The van der Waals surface area contributed by atoms with Gasteiger partial charge in [-0.15, -0.1) is 0 Å². The van der Waals surface area contributed by atoms with E-state index in [2.05, 4.69) is 23.8 Å². The molecule has 1 aromatic rings. The van der Waals surface area contributed by atoms with Crippen LogP contribution >= 0.6 is 0 Å². The Bertz CT molecular complexity index is 421. The number of aromatic amines is 2. The average Bonchev–Trinajstić information content (AvgIpc) is 2.70. The highest BCUT2D eigenvalue weighted by atomic mass is 16.2. The molecule has 6 heteroatoms. The van der Waals surface area contributed by atoms with Crippen molar-refractivity contribution in [3.63, 3.8) is 0 Å². The quantitative estimate of drug-likeness (QED) is 0.683. The van der Waals surface area contributed by atoms with E-state index in [1.807, 2.05) is 0 Å². The van der Waals surface area contributed by atoms with Crippen LogP contribution < -0.4 is 11.4 Å². The highest BCUT2D eigenvalue weighted by Crippen LogP contribution is 2.05. The number of hydrogen-bond donors (Lipinski definition) is 3. The van der Waals surface area contributed by atoms with Gasteiger partial charge in [0.05, 0.1) is 0 Å². The summed E-state index contributed by atoms with van der Waals surface area (Å²) >= 11 is 0.